The van der Waals surface area contributed by atoms with E-state index in [9.17, 15) is 5.11 Å². The van der Waals surface area contributed by atoms with Crippen LogP contribution in [0.5, 0.6) is 5.75 Å². The van der Waals surface area contributed by atoms with Gasteiger partial charge in [0.05, 0.1) is 13.2 Å². The van der Waals surface area contributed by atoms with Crippen LogP contribution < -0.4 is 9.64 Å². The third-order valence-corrected chi connectivity index (χ3v) is 2.45. The fourth-order valence-corrected chi connectivity index (χ4v) is 1.40. The van der Waals surface area contributed by atoms with Gasteiger partial charge in [-0.1, -0.05) is 13.0 Å². The average molecular weight is 209 g/mol. The smallest absolute Gasteiger partial charge is 0.120 e. The highest BCUT2D eigenvalue weighted by Gasteiger charge is 2.07. The van der Waals surface area contributed by atoms with E-state index in [2.05, 4.69) is 0 Å². The van der Waals surface area contributed by atoms with E-state index in [1.165, 1.54) is 0 Å². The second-order valence-electron chi connectivity index (χ2n) is 3.64. The maximum Gasteiger partial charge on any atom is 0.120 e. The van der Waals surface area contributed by atoms with Crippen LogP contribution in [0.3, 0.4) is 0 Å². The van der Waals surface area contributed by atoms with Gasteiger partial charge >= 0.3 is 0 Å². The Bertz CT molecular complexity index is 301. The molecule has 0 aromatic heterocycles. The van der Waals surface area contributed by atoms with E-state index in [1.807, 2.05) is 43.1 Å². The van der Waals surface area contributed by atoms with Gasteiger partial charge < -0.3 is 14.7 Å². The number of methoxy groups -OCH3 is 1. The Hall–Kier alpha value is -1.22. The normalized spacial score (nSPS) is 12.3. The van der Waals surface area contributed by atoms with Crippen LogP contribution in [0.4, 0.5) is 5.69 Å². The molecule has 0 aliphatic heterocycles. The van der Waals surface area contributed by atoms with E-state index in [-0.39, 0.29) is 6.10 Å². The maximum atomic E-state index is 9.54. The summed E-state index contributed by atoms with van der Waals surface area (Å²) in [7, 11) is 3.62. The molecular formula is C12H19NO2. The molecule has 1 aromatic carbocycles. The van der Waals surface area contributed by atoms with Gasteiger partial charge in [0.1, 0.15) is 5.75 Å². The number of hydrogen-bond acceptors (Lipinski definition) is 3. The van der Waals surface area contributed by atoms with Crippen molar-refractivity contribution in [2.75, 3.05) is 25.6 Å². The van der Waals surface area contributed by atoms with Crippen LogP contribution in [0, 0.1) is 0 Å². The summed E-state index contributed by atoms with van der Waals surface area (Å²) in [6.45, 7) is 2.62. The summed E-state index contributed by atoms with van der Waals surface area (Å²) >= 11 is 0. The summed E-state index contributed by atoms with van der Waals surface area (Å²) in [5, 5.41) is 9.54. The first-order valence-electron chi connectivity index (χ1n) is 5.20. The summed E-state index contributed by atoms with van der Waals surface area (Å²) in [5.41, 5.74) is 1.06. The number of anilines is 1. The molecule has 1 aromatic rings. The lowest BCUT2D eigenvalue weighted by Gasteiger charge is -2.22. The summed E-state index contributed by atoms with van der Waals surface area (Å²) in [6.07, 6.45) is 0.495. The number of likely N-dealkylation sites (N-methyl/N-ethyl adjacent to an activating group) is 1. The highest BCUT2D eigenvalue weighted by Crippen LogP contribution is 2.20. The van der Waals surface area contributed by atoms with Crippen LogP contribution in [0.2, 0.25) is 0 Å². The van der Waals surface area contributed by atoms with Gasteiger partial charge in [-0.2, -0.15) is 0 Å². The average Bonchev–Trinajstić information content (AvgIpc) is 2.28. The van der Waals surface area contributed by atoms with Crippen molar-refractivity contribution in [1.82, 2.24) is 0 Å². The van der Waals surface area contributed by atoms with Gasteiger partial charge in [0.25, 0.3) is 0 Å². The molecule has 3 nitrogen and oxygen atoms in total. The largest absolute Gasteiger partial charge is 0.497 e. The molecule has 0 spiro atoms. The molecule has 84 valence electrons. The molecule has 0 saturated carbocycles. The Kier molecular flexibility index (Phi) is 4.43. The fraction of sp³-hybridized carbons (Fsp3) is 0.500. The quantitative estimate of drug-likeness (QED) is 0.804. The van der Waals surface area contributed by atoms with E-state index in [0.717, 1.165) is 17.9 Å². The minimum absolute atomic E-state index is 0.277. The van der Waals surface area contributed by atoms with Crippen molar-refractivity contribution in [3.63, 3.8) is 0 Å². The van der Waals surface area contributed by atoms with E-state index in [1.54, 1.807) is 7.11 Å². The third kappa shape index (κ3) is 3.44. The molecular weight excluding hydrogens is 190 g/mol. The molecule has 0 fully saturated rings. The van der Waals surface area contributed by atoms with Crippen molar-refractivity contribution in [2.45, 2.75) is 19.4 Å². The zero-order chi connectivity index (χ0) is 11.3. The topological polar surface area (TPSA) is 32.7 Å². The van der Waals surface area contributed by atoms with Crippen LogP contribution >= 0.6 is 0 Å². The molecule has 0 aliphatic rings. The number of ether oxygens (including phenoxy) is 1. The van der Waals surface area contributed by atoms with Crippen LogP contribution in [0.15, 0.2) is 24.3 Å². The lowest BCUT2D eigenvalue weighted by molar-refractivity contribution is 0.177. The molecule has 0 amide bonds. The molecule has 1 unspecified atom stereocenters. The minimum Gasteiger partial charge on any atom is -0.497 e. The van der Waals surface area contributed by atoms with Crippen LogP contribution in [-0.4, -0.2) is 31.9 Å². The number of rotatable bonds is 5. The van der Waals surface area contributed by atoms with Crippen molar-refractivity contribution in [2.24, 2.45) is 0 Å². The zero-order valence-corrected chi connectivity index (χ0v) is 9.60. The van der Waals surface area contributed by atoms with E-state index in [0.29, 0.717) is 6.54 Å². The number of benzene rings is 1. The predicted octanol–water partition coefficient (Wildman–Crippen LogP) is 1.90. The van der Waals surface area contributed by atoms with Crippen molar-refractivity contribution >= 4 is 5.69 Å². The van der Waals surface area contributed by atoms with Crippen molar-refractivity contribution < 1.29 is 9.84 Å². The standard InChI is InChI=1S/C12H19NO2/c1-4-11(14)9-13(2)10-6-5-7-12(8-10)15-3/h5-8,11,14H,4,9H2,1-3H3. The highest BCUT2D eigenvalue weighted by atomic mass is 16.5. The van der Waals surface area contributed by atoms with Gasteiger partial charge in [0.15, 0.2) is 0 Å². The molecule has 0 saturated heterocycles. The van der Waals surface area contributed by atoms with Gasteiger partial charge in [-0.05, 0) is 18.6 Å². The predicted molar refractivity (Wildman–Crippen MR) is 62.6 cm³/mol. The summed E-state index contributed by atoms with van der Waals surface area (Å²) in [6, 6.07) is 7.82. The van der Waals surface area contributed by atoms with Crippen molar-refractivity contribution in [3.8, 4) is 5.75 Å². The number of aliphatic hydroxyl groups is 1. The zero-order valence-electron chi connectivity index (χ0n) is 9.60. The Morgan fingerprint density at radius 2 is 2.20 bits per heavy atom. The lowest BCUT2D eigenvalue weighted by atomic mass is 10.2. The molecule has 3 heteroatoms. The van der Waals surface area contributed by atoms with E-state index < -0.39 is 0 Å². The Morgan fingerprint density at radius 3 is 2.80 bits per heavy atom. The molecule has 0 heterocycles. The van der Waals surface area contributed by atoms with E-state index in [4.69, 9.17) is 4.74 Å². The monoisotopic (exact) mass is 209 g/mol. The molecule has 1 atom stereocenters. The summed E-state index contributed by atoms with van der Waals surface area (Å²) in [4.78, 5) is 2.02. The van der Waals surface area contributed by atoms with Crippen LogP contribution in [0.1, 0.15) is 13.3 Å². The Balaban J connectivity index is 2.68. The Morgan fingerprint density at radius 1 is 1.47 bits per heavy atom. The van der Waals surface area contributed by atoms with Gasteiger partial charge in [-0.3, -0.25) is 0 Å². The first-order chi connectivity index (χ1) is 7.17. The number of hydrogen-bond donors (Lipinski definition) is 1. The third-order valence-electron chi connectivity index (χ3n) is 2.45. The van der Waals surface area contributed by atoms with Gasteiger partial charge in [0, 0.05) is 25.3 Å². The minimum atomic E-state index is -0.277. The summed E-state index contributed by atoms with van der Waals surface area (Å²) < 4.78 is 5.15. The molecule has 0 aliphatic carbocycles. The Labute approximate surface area is 91.3 Å². The molecule has 1 rings (SSSR count). The molecule has 0 bridgehead atoms. The highest BCUT2D eigenvalue weighted by molar-refractivity contribution is 5.50. The van der Waals surface area contributed by atoms with Crippen LogP contribution in [0.25, 0.3) is 0 Å². The molecule has 0 radical (unpaired) electrons. The summed E-state index contributed by atoms with van der Waals surface area (Å²) in [5.74, 6) is 0.838. The molecule has 15 heavy (non-hydrogen) atoms. The SMILES string of the molecule is CCC(O)CN(C)c1cccc(OC)c1. The second-order valence-corrected chi connectivity index (χ2v) is 3.64. The number of nitrogens with zero attached hydrogens (tertiary/aromatic N) is 1. The maximum absolute atomic E-state index is 9.54. The van der Waals surface area contributed by atoms with Crippen molar-refractivity contribution in [1.29, 1.82) is 0 Å². The first kappa shape index (κ1) is 11.9. The fourth-order valence-electron chi connectivity index (χ4n) is 1.40. The molecule has 1 N–H and O–H groups in total. The van der Waals surface area contributed by atoms with Gasteiger partial charge in [-0.25, -0.2) is 0 Å². The lowest BCUT2D eigenvalue weighted by Crippen LogP contribution is -2.28. The first-order valence-corrected chi connectivity index (χ1v) is 5.20. The van der Waals surface area contributed by atoms with Crippen LogP contribution in [-0.2, 0) is 0 Å². The van der Waals surface area contributed by atoms with Gasteiger partial charge in [0.2, 0.25) is 0 Å². The number of aliphatic hydroxyl groups excluding tert-OH is 1. The van der Waals surface area contributed by atoms with Crippen molar-refractivity contribution in [3.05, 3.63) is 24.3 Å². The van der Waals surface area contributed by atoms with E-state index >= 15 is 0 Å². The van der Waals surface area contributed by atoms with Gasteiger partial charge in [-0.15, -0.1) is 0 Å². The second kappa shape index (κ2) is 5.61.